The molecule has 104 valence electrons. The molecule has 2 aromatic rings. The number of fused-ring (bicyclic) bond motifs is 1. The molecule has 0 amide bonds. The Morgan fingerprint density at radius 2 is 1.95 bits per heavy atom. The molecule has 0 saturated heterocycles. The van der Waals surface area contributed by atoms with Gasteiger partial charge in [0.2, 0.25) is 0 Å². The largest absolute Gasteiger partial charge is 0.423 e. The van der Waals surface area contributed by atoms with Crippen LogP contribution < -0.4 is 10.9 Å². The van der Waals surface area contributed by atoms with Crippen LogP contribution in [0.3, 0.4) is 0 Å². The molecule has 1 N–H and O–H groups in total. The van der Waals surface area contributed by atoms with Gasteiger partial charge < -0.3 is 9.73 Å². The minimum Gasteiger partial charge on any atom is -0.423 e. The van der Waals surface area contributed by atoms with Gasteiger partial charge in [0.25, 0.3) is 0 Å². The standard InChI is InChI=1S/C16H19NO2Si/c1-5-17-14-7-8-15-13(6-9-16(18)19-15)12(14)10-11-20(2,3)4/h6-9,17H,5H2,1-4H3. The van der Waals surface area contributed by atoms with E-state index in [0.717, 1.165) is 23.2 Å². The van der Waals surface area contributed by atoms with E-state index in [-0.39, 0.29) is 5.63 Å². The maximum Gasteiger partial charge on any atom is 0.336 e. The third kappa shape index (κ3) is 3.31. The topological polar surface area (TPSA) is 42.2 Å². The summed E-state index contributed by atoms with van der Waals surface area (Å²) in [6.07, 6.45) is 0. The predicted octanol–water partition coefficient (Wildman–Crippen LogP) is 3.45. The van der Waals surface area contributed by atoms with Crippen LogP contribution in [0.15, 0.2) is 33.5 Å². The van der Waals surface area contributed by atoms with Gasteiger partial charge in [-0.05, 0) is 25.1 Å². The van der Waals surface area contributed by atoms with Gasteiger partial charge in [-0.15, -0.1) is 5.54 Å². The smallest absolute Gasteiger partial charge is 0.336 e. The highest BCUT2D eigenvalue weighted by atomic mass is 28.3. The molecule has 0 unspecified atom stereocenters. The molecule has 20 heavy (non-hydrogen) atoms. The summed E-state index contributed by atoms with van der Waals surface area (Å²) >= 11 is 0. The quantitative estimate of drug-likeness (QED) is 0.522. The van der Waals surface area contributed by atoms with E-state index in [9.17, 15) is 4.79 Å². The monoisotopic (exact) mass is 285 g/mol. The summed E-state index contributed by atoms with van der Waals surface area (Å²) in [5, 5.41) is 4.20. The van der Waals surface area contributed by atoms with Crippen LogP contribution in [-0.2, 0) is 0 Å². The molecule has 0 spiro atoms. The molecule has 0 aliphatic rings. The Labute approximate surface area is 120 Å². The summed E-state index contributed by atoms with van der Waals surface area (Å²) in [6, 6.07) is 6.96. The van der Waals surface area contributed by atoms with Crippen molar-refractivity contribution in [1.82, 2.24) is 0 Å². The van der Waals surface area contributed by atoms with Crippen molar-refractivity contribution < 1.29 is 4.42 Å². The molecule has 0 saturated carbocycles. The van der Waals surface area contributed by atoms with Gasteiger partial charge in [0.15, 0.2) is 0 Å². The molecule has 0 fully saturated rings. The van der Waals surface area contributed by atoms with E-state index in [1.165, 1.54) is 6.07 Å². The van der Waals surface area contributed by atoms with Crippen LogP contribution in [0.4, 0.5) is 5.69 Å². The van der Waals surface area contributed by atoms with Crippen molar-refractivity contribution in [3.63, 3.8) is 0 Å². The van der Waals surface area contributed by atoms with E-state index in [0.29, 0.717) is 5.58 Å². The second-order valence-corrected chi connectivity index (χ2v) is 10.4. The molecule has 0 radical (unpaired) electrons. The number of hydrogen-bond acceptors (Lipinski definition) is 3. The minimum atomic E-state index is -1.47. The Hall–Kier alpha value is -1.99. The lowest BCUT2D eigenvalue weighted by Crippen LogP contribution is -2.16. The molecular weight excluding hydrogens is 266 g/mol. The zero-order valence-corrected chi connectivity index (χ0v) is 13.3. The summed E-state index contributed by atoms with van der Waals surface area (Å²) < 4.78 is 5.23. The average molecular weight is 285 g/mol. The van der Waals surface area contributed by atoms with Gasteiger partial charge in [0.05, 0.1) is 11.3 Å². The highest BCUT2D eigenvalue weighted by Gasteiger charge is 2.10. The van der Waals surface area contributed by atoms with Crippen LogP contribution in [0.2, 0.25) is 19.6 Å². The lowest BCUT2D eigenvalue weighted by Gasteiger charge is -2.10. The highest BCUT2D eigenvalue weighted by molar-refractivity contribution is 6.83. The normalized spacial score (nSPS) is 11.0. The molecule has 1 aromatic carbocycles. The highest BCUT2D eigenvalue weighted by Crippen LogP contribution is 2.24. The van der Waals surface area contributed by atoms with Gasteiger partial charge in [-0.2, -0.15) is 0 Å². The van der Waals surface area contributed by atoms with Crippen LogP contribution in [0.5, 0.6) is 0 Å². The van der Waals surface area contributed by atoms with Crippen molar-refractivity contribution in [3.8, 4) is 11.5 Å². The number of anilines is 1. The third-order valence-corrected chi connectivity index (χ3v) is 3.61. The molecule has 0 atom stereocenters. The summed E-state index contributed by atoms with van der Waals surface area (Å²) in [7, 11) is -1.47. The van der Waals surface area contributed by atoms with Crippen molar-refractivity contribution in [1.29, 1.82) is 0 Å². The van der Waals surface area contributed by atoms with Gasteiger partial charge >= 0.3 is 5.63 Å². The van der Waals surface area contributed by atoms with Crippen molar-refractivity contribution >= 4 is 24.7 Å². The van der Waals surface area contributed by atoms with Crippen LogP contribution in [0.1, 0.15) is 12.5 Å². The molecule has 1 aromatic heterocycles. The maximum absolute atomic E-state index is 11.3. The van der Waals surface area contributed by atoms with Crippen molar-refractivity contribution in [3.05, 3.63) is 40.2 Å². The first kappa shape index (κ1) is 14.4. The van der Waals surface area contributed by atoms with Gasteiger partial charge in [-0.1, -0.05) is 25.6 Å². The summed E-state index contributed by atoms with van der Waals surface area (Å²) in [5.41, 5.74) is 5.52. The number of nitrogens with one attached hydrogen (secondary N) is 1. The van der Waals surface area contributed by atoms with Crippen LogP contribution >= 0.6 is 0 Å². The van der Waals surface area contributed by atoms with E-state index in [1.807, 2.05) is 19.1 Å². The fraction of sp³-hybridized carbons (Fsp3) is 0.312. The second kappa shape index (κ2) is 5.56. The zero-order valence-electron chi connectivity index (χ0n) is 12.3. The van der Waals surface area contributed by atoms with Crippen molar-refractivity contribution in [2.75, 3.05) is 11.9 Å². The van der Waals surface area contributed by atoms with Crippen LogP contribution in [-0.4, -0.2) is 14.6 Å². The summed E-state index contributed by atoms with van der Waals surface area (Å²) in [5.74, 6) is 3.29. The van der Waals surface area contributed by atoms with Crippen molar-refractivity contribution in [2.24, 2.45) is 0 Å². The molecule has 0 bridgehead atoms. The first-order valence-electron chi connectivity index (χ1n) is 6.74. The van der Waals surface area contributed by atoms with Gasteiger partial charge in [0, 0.05) is 18.0 Å². The van der Waals surface area contributed by atoms with E-state index in [2.05, 4.69) is 36.4 Å². The third-order valence-electron chi connectivity index (χ3n) is 2.73. The van der Waals surface area contributed by atoms with Gasteiger partial charge in [-0.25, -0.2) is 4.79 Å². The molecule has 0 aliphatic carbocycles. The first-order valence-corrected chi connectivity index (χ1v) is 10.2. The van der Waals surface area contributed by atoms with E-state index in [4.69, 9.17) is 4.42 Å². The molecule has 3 nitrogen and oxygen atoms in total. The van der Waals surface area contributed by atoms with Crippen LogP contribution in [0.25, 0.3) is 11.0 Å². The Morgan fingerprint density at radius 1 is 1.20 bits per heavy atom. The molecule has 4 heteroatoms. The minimum absolute atomic E-state index is 0.335. The number of rotatable bonds is 2. The molecule has 1 heterocycles. The molecular formula is C16H19NO2Si. The van der Waals surface area contributed by atoms with E-state index < -0.39 is 8.07 Å². The zero-order chi connectivity index (χ0) is 14.8. The average Bonchev–Trinajstić information content (AvgIpc) is 2.36. The van der Waals surface area contributed by atoms with Gasteiger partial charge in [0.1, 0.15) is 13.7 Å². The maximum atomic E-state index is 11.3. The Morgan fingerprint density at radius 3 is 2.60 bits per heavy atom. The number of hydrogen-bond donors (Lipinski definition) is 1. The van der Waals surface area contributed by atoms with E-state index >= 15 is 0 Å². The fourth-order valence-electron chi connectivity index (χ4n) is 1.87. The summed E-state index contributed by atoms with van der Waals surface area (Å²) in [6.45, 7) is 9.49. The Balaban J connectivity index is 2.70. The van der Waals surface area contributed by atoms with Crippen LogP contribution in [0, 0.1) is 11.5 Å². The lowest BCUT2D eigenvalue weighted by atomic mass is 10.1. The molecule has 2 rings (SSSR count). The molecule has 0 aliphatic heterocycles. The fourth-order valence-corrected chi connectivity index (χ4v) is 2.37. The number of benzene rings is 1. The van der Waals surface area contributed by atoms with Crippen molar-refractivity contribution in [2.45, 2.75) is 26.6 Å². The first-order chi connectivity index (χ1) is 9.40. The van der Waals surface area contributed by atoms with E-state index in [1.54, 1.807) is 6.07 Å². The Bertz CT molecular complexity index is 745. The second-order valence-electron chi connectivity index (χ2n) is 5.68. The van der Waals surface area contributed by atoms with Gasteiger partial charge in [-0.3, -0.25) is 0 Å². The predicted molar refractivity (Wildman–Crippen MR) is 86.9 cm³/mol. The lowest BCUT2D eigenvalue weighted by molar-refractivity contribution is 0.561. The SMILES string of the molecule is CCNc1ccc2oc(=O)ccc2c1C#C[Si](C)(C)C. The Kier molecular flexibility index (Phi) is 4.00. The summed E-state index contributed by atoms with van der Waals surface area (Å²) in [4.78, 5) is 11.3.